The molecule has 5 heteroatoms. The lowest BCUT2D eigenvalue weighted by atomic mass is 10.1. The van der Waals surface area contributed by atoms with E-state index in [-0.39, 0.29) is 12.1 Å². The van der Waals surface area contributed by atoms with E-state index in [9.17, 15) is 9.59 Å². The molecule has 0 atom stereocenters. The second-order valence-electron chi connectivity index (χ2n) is 4.20. The van der Waals surface area contributed by atoms with Crippen LogP contribution in [0.1, 0.15) is 11.1 Å². The van der Waals surface area contributed by atoms with Gasteiger partial charge in [0.15, 0.2) is 0 Å². The third-order valence-corrected chi connectivity index (χ3v) is 2.92. The van der Waals surface area contributed by atoms with Gasteiger partial charge in [0.2, 0.25) is 0 Å². The molecule has 0 aliphatic carbocycles. The van der Waals surface area contributed by atoms with Crippen molar-refractivity contribution in [1.29, 1.82) is 0 Å². The largest absolute Gasteiger partial charge is 0.480 e. The minimum atomic E-state index is -1.04. The van der Waals surface area contributed by atoms with Gasteiger partial charge in [-0.2, -0.15) is 0 Å². The molecule has 0 fully saturated rings. The first-order chi connectivity index (χ1) is 9.54. The number of rotatable bonds is 4. The van der Waals surface area contributed by atoms with Crippen molar-refractivity contribution in [3.05, 3.63) is 69.1 Å². The first kappa shape index (κ1) is 14.1. The molecular formula is C15H12ClNO3. The maximum Gasteiger partial charge on any atom is 0.323 e. The Labute approximate surface area is 120 Å². The van der Waals surface area contributed by atoms with Crippen LogP contribution in [0.25, 0.3) is 12.2 Å². The van der Waals surface area contributed by atoms with Crippen molar-refractivity contribution >= 4 is 29.7 Å². The smallest absolute Gasteiger partial charge is 0.323 e. The van der Waals surface area contributed by atoms with Gasteiger partial charge in [-0.25, -0.2) is 0 Å². The Bertz CT molecular complexity index is 702. The maximum atomic E-state index is 11.7. The van der Waals surface area contributed by atoms with Crippen molar-refractivity contribution < 1.29 is 9.90 Å². The van der Waals surface area contributed by atoms with E-state index in [1.165, 1.54) is 12.3 Å². The Balaban J connectivity index is 2.18. The molecule has 1 aromatic heterocycles. The van der Waals surface area contributed by atoms with Crippen LogP contribution < -0.4 is 5.56 Å². The van der Waals surface area contributed by atoms with Gasteiger partial charge in [-0.3, -0.25) is 9.59 Å². The molecule has 0 spiro atoms. The number of carboxylic acid groups (broad SMARTS) is 1. The number of carbonyl (C=O) groups is 1. The molecule has 0 radical (unpaired) electrons. The molecular weight excluding hydrogens is 278 g/mol. The van der Waals surface area contributed by atoms with E-state index in [0.717, 1.165) is 10.1 Å². The summed E-state index contributed by atoms with van der Waals surface area (Å²) >= 11 is 5.79. The monoisotopic (exact) mass is 289 g/mol. The van der Waals surface area contributed by atoms with Gasteiger partial charge in [-0.1, -0.05) is 35.9 Å². The lowest BCUT2D eigenvalue weighted by molar-refractivity contribution is -0.137. The topological polar surface area (TPSA) is 59.3 Å². The molecule has 20 heavy (non-hydrogen) atoms. The number of aliphatic carboxylic acids is 1. The van der Waals surface area contributed by atoms with Crippen LogP contribution in [0.5, 0.6) is 0 Å². The Hall–Kier alpha value is -2.33. The molecule has 2 rings (SSSR count). The van der Waals surface area contributed by atoms with Crippen molar-refractivity contribution in [2.45, 2.75) is 6.54 Å². The third-order valence-electron chi connectivity index (χ3n) is 2.66. The summed E-state index contributed by atoms with van der Waals surface area (Å²) in [7, 11) is 0. The van der Waals surface area contributed by atoms with Gasteiger partial charge in [0.05, 0.1) is 0 Å². The van der Waals surface area contributed by atoms with E-state index in [1.54, 1.807) is 24.3 Å². The van der Waals surface area contributed by atoms with Crippen LogP contribution in [0.3, 0.4) is 0 Å². The molecule has 1 heterocycles. The number of aromatic nitrogens is 1. The van der Waals surface area contributed by atoms with Crippen molar-refractivity contribution in [3.8, 4) is 0 Å². The van der Waals surface area contributed by atoms with Gasteiger partial charge in [0, 0.05) is 17.3 Å². The fraction of sp³-hybridized carbons (Fsp3) is 0.0667. The second-order valence-corrected chi connectivity index (χ2v) is 4.64. The van der Waals surface area contributed by atoms with Crippen LogP contribution in [-0.2, 0) is 11.3 Å². The first-order valence-electron chi connectivity index (χ1n) is 5.90. The van der Waals surface area contributed by atoms with Crippen molar-refractivity contribution in [2.75, 3.05) is 0 Å². The summed E-state index contributed by atoms with van der Waals surface area (Å²) in [5.41, 5.74) is 1.33. The van der Waals surface area contributed by atoms with Gasteiger partial charge < -0.3 is 9.67 Å². The first-order valence-corrected chi connectivity index (χ1v) is 6.28. The Morgan fingerprint density at radius 1 is 1.15 bits per heavy atom. The maximum absolute atomic E-state index is 11.7. The molecule has 0 aliphatic rings. The molecule has 0 unspecified atom stereocenters. The van der Waals surface area contributed by atoms with E-state index < -0.39 is 5.97 Å². The summed E-state index contributed by atoms with van der Waals surface area (Å²) in [6.07, 6.45) is 5.11. The molecule has 0 saturated carbocycles. The third kappa shape index (κ3) is 3.83. The van der Waals surface area contributed by atoms with Crippen LogP contribution in [0.2, 0.25) is 5.02 Å². The average Bonchev–Trinajstić information content (AvgIpc) is 2.40. The second kappa shape index (κ2) is 6.21. The SMILES string of the molecule is O=C(O)Cn1ccc(/C=C/c2ccc(Cl)cc2)cc1=O. The van der Waals surface area contributed by atoms with E-state index in [4.69, 9.17) is 16.7 Å². The molecule has 102 valence electrons. The number of nitrogens with zero attached hydrogens (tertiary/aromatic N) is 1. The zero-order valence-corrected chi connectivity index (χ0v) is 11.2. The predicted molar refractivity (Wildman–Crippen MR) is 78.7 cm³/mol. The highest BCUT2D eigenvalue weighted by Gasteiger charge is 2.01. The number of halogens is 1. The van der Waals surface area contributed by atoms with Gasteiger partial charge in [-0.05, 0) is 29.3 Å². The lowest BCUT2D eigenvalue weighted by Crippen LogP contribution is -2.22. The van der Waals surface area contributed by atoms with E-state index in [0.29, 0.717) is 10.6 Å². The molecule has 4 nitrogen and oxygen atoms in total. The summed E-state index contributed by atoms with van der Waals surface area (Å²) < 4.78 is 1.14. The molecule has 0 aliphatic heterocycles. The molecule has 1 N–H and O–H groups in total. The fourth-order valence-electron chi connectivity index (χ4n) is 1.67. The number of hydrogen-bond acceptors (Lipinski definition) is 2. The molecule has 1 aromatic carbocycles. The number of pyridine rings is 1. The van der Waals surface area contributed by atoms with Crippen LogP contribution >= 0.6 is 11.6 Å². The summed E-state index contributed by atoms with van der Waals surface area (Å²) in [5.74, 6) is -1.04. The standard InChI is InChI=1S/C15H12ClNO3/c16-13-5-3-11(4-6-13)1-2-12-7-8-17(10-15(19)20)14(18)9-12/h1-9H,10H2,(H,19,20)/b2-1+. The van der Waals surface area contributed by atoms with Crippen LogP contribution in [0.4, 0.5) is 0 Å². The molecule has 0 amide bonds. The fourth-order valence-corrected chi connectivity index (χ4v) is 1.80. The van der Waals surface area contributed by atoms with Gasteiger partial charge in [0.25, 0.3) is 5.56 Å². The van der Waals surface area contributed by atoms with Crippen molar-refractivity contribution in [3.63, 3.8) is 0 Å². The number of carboxylic acids is 1. The van der Waals surface area contributed by atoms with Crippen LogP contribution in [0, 0.1) is 0 Å². The van der Waals surface area contributed by atoms with E-state index >= 15 is 0 Å². The average molecular weight is 290 g/mol. The van der Waals surface area contributed by atoms with Gasteiger partial charge >= 0.3 is 5.97 Å². The Kier molecular flexibility index (Phi) is 4.38. The summed E-state index contributed by atoms with van der Waals surface area (Å²) in [6.45, 7) is -0.333. The molecule has 0 saturated heterocycles. The van der Waals surface area contributed by atoms with Crippen molar-refractivity contribution in [2.24, 2.45) is 0 Å². The van der Waals surface area contributed by atoms with E-state index in [2.05, 4.69) is 0 Å². The van der Waals surface area contributed by atoms with Gasteiger partial charge in [-0.15, -0.1) is 0 Å². The Morgan fingerprint density at radius 3 is 2.40 bits per heavy atom. The molecule has 2 aromatic rings. The van der Waals surface area contributed by atoms with Crippen molar-refractivity contribution in [1.82, 2.24) is 4.57 Å². The highest BCUT2D eigenvalue weighted by Crippen LogP contribution is 2.12. The van der Waals surface area contributed by atoms with Gasteiger partial charge in [0.1, 0.15) is 6.54 Å². The van der Waals surface area contributed by atoms with Crippen LogP contribution in [0.15, 0.2) is 47.4 Å². The number of hydrogen-bond donors (Lipinski definition) is 1. The highest BCUT2D eigenvalue weighted by molar-refractivity contribution is 6.30. The quantitative estimate of drug-likeness (QED) is 0.941. The van der Waals surface area contributed by atoms with Crippen LogP contribution in [-0.4, -0.2) is 15.6 Å². The normalized spacial score (nSPS) is 10.8. The molecule has 0 bridgehead atoms. The summed E-state index contributed by atoms with van der Waals surface area (Å²) in [5, 5.41) is 9.32. The minimum Gasteiger partial charge on any atom is -0.480 e. The van der Waals surface area contributed by atoms with E-state index in [1.807, 2.05) is 18.2 Å². The number of benzene rings is 1. The summed E-state index contributed by atoms with van der Waals surface area (Å²) in [4.78, 5) is 22.2. The Morgan fingerprint density at radius 2 is 1.80 bits per heavy atom. The minimum absolute atomic E-state index is 0.333. The lowest BCUT2D eigenvalue weighted by Gasteiger charge is -2.01. The predicted octanol–water partition coefficient (Wildman–Crippen LogP) is 2.76. The zero-order valence-electron chi connectivity index (χ0n) is 10.5. The zero-order chi connectivity index (χ0) is 14.5. The highest BCUT2D eigenvalue weighted by atomic mass is 35.5. The summed E-state index contributed by atoms with van der Waals surface area (Å²) in [6, 6.07) is 10.4.